The first-order valence-corrected chi connectivity index (χ1v) is 10.1. The number of rotatable bonds is 5. The molecule has 0 N–H and O–H groups in total. The van der Waals surface area contributed by atoms with Gasteiger partial charge < -0.3 is 14.2 Å². The van der Waals surface area contributed by atoms with Crippen LogP contribution in [-0.2, 0) is 21.3 Å². The van der Waals surface area contributed by atoms with Gasteiger partial charge in [-0.3, -0.25) is 4.79 Å². The van der Waals surface area contributed by atoms with E-state index >= 15 is 0 Å². The fourth-order valence-corrected chi connectivity index (χ4v) is 4.44. The first-order valence-electron chi connectivity index (χ1n) is 8.66. The highest BCUT2D eigenvalue weighted by Crippen LogP contribution is 2.20. The summed E-state index contributed by atoms with van der Waals surface area (Å²) >= 11 is 0. The molecule has 0 radical (unpaired) electrons. The molecule has 0 spiro atoms. The Labute approximate surface area is 158 Å². The molecule has 8 nitrogen and oxygen atoms in total. The summed E-state index contributed by atoms with van der Waals surface area (Å²) in [5.74, 6) is 0.393. The summed E-state index contributed by atoms with van der Waals surface area (Å²) in [6.07, 6.45) is 0. The highest BCUT2D eigenvalue weighted by atomic mass is 32.2. The maximum atomic E-state index is 12.8. The zero-order valence-corrected chi connectivity index (χ0v) is 16.5. The van der Waals surface area contributed by atoms with Gasteiger partial charge in [0.15, 0.2) is 0 Å². The molecule has 9 heteroatoms. The van der Waals surface area contributed by atoms with Crippen LogP contribution in [0.3, 0.4) is 0 Å². The summed E-state index contributed by atoms with van der Waals surface area (Å²) in [6.45, 7) is 5.32. The third-order valence-corrected chi connectivity index (χ3v) is 6.51. The third-order valence-electron chi connectivity index (χ3n) is 4.61. The molecule has 0 unspecified atom stereocenters. The van der Waals surface area contributed by atoms with Crippen molar-refractivity contribution >= 4 is 15.9 Å². The van der Waals surface area contributed by atoms with Gasteiger partial charge in [0.2, 0.25) is 10.0 Å². The molecule has 2 heterocycles. The first-order chi connectivity index (χ1) is 12.8. The van der Waals surface area contributed by atoms with E-state index in [1.807, 2.05) is 6.92 Å². The summed E-state index contributed by atoms with van der Waals surface area (Å²) in [5, 5.41) is 3.89. The minimum absolute atomic E-state index is 0.112. The Morgan fingerprint density at radius 2 is 1.96 bits per heavy atom. The number of aryl methyl sites for hydroxylation is 2. The number of aromatic nitrogens is 1. The number of hydrogen-bond donors (Lipinski definition) is 0. The normalized spacial score (nSPS) is 15.7. The van der Waals surface area contributed by atoms with Crippen molar-refractivity contribution in [1.29, 1.82) is 0 Å². The molecule has 1 aliphatic rings. The van der Waals surface area contributed by atoms with E-state index in [9.17, 15) is 13.2 Å². The monoisotopic (exact) mass is 393 g/mol. The van der Waals surface area contributed by atoms with Gasteiger partial charge in [0.05, 0.1) is 30.3 Å². The van der Waals surface area contributed by atoms with Crippen LogP contribution in [-0.4, -0.2) is 62.0 Å². The molecular formula is C18H23N3O5S. The number of nitrogens with zero attached hydrogens (tertiary/aromatic N) is 3. The minimum atomic E-state index is -3.65. The van der Waals surface area contributed by atoms with Crippen LogP contribution in [0.5, 0.6) is 0 Å². The largest absolute Gasteiger partial charge is 0.379 e. The highest BCUT2D eigenvalue weighted by Gasteiger charge is 2.27. The second kappa shape index (κ2) is 7.79. The average molecular weight is 393 g/mol. The second-order valence-electron chi connectivity index (χ2n) is 6.51. The number of carbonyl (C=O) groups is 1. The van der Waals surface area contributed by atoms with Crippen molar-refractivity contribution in [1.82, 2.24) is 14.4 Å². The lowest BCUT2D eigenvalue weighted by molar-refractivity contribution is 0.0730. The summed E-state index contributed by atoms with van der Waals surface area (Å²) in [4.78, 5) is 14.4. The molecule has 1 aliphatic heterocycles. The predicted molar refractivity (Wildman–Crippen MR) is 97.8 cm³/mol. The molecule has 0 aliphatic carbocycles. The smallest absolute Gasteiger partial charge is 0.253 e. The van der Waals surface area contributed by atoms with Gasteiger partial charge in [-0.25, -0.2) is 8.42 Å². The maximum absolute atomic E-state index is 12.8. The van der Waals surface area contributed by atoms with Gasteiger partial charge in [-0.15, -0.1) is 0 Å². The van der Waals surface area contributed by atoms with Crippen molar-refractivity contribution in [2.45, 2.75) is 25.3 Å². The van der Waals surface area contributed by atoms with E-state index in [4.69, 9.17) is 9.26 Å². The van der Waals surface area contributed by atoms with Gasteiger partial charge in [-0.05, 0) is 32.0 Å². The summed E-state index contributed by atoms with van der Waals surface area (Å²) in [5.41, 5.74) is 1.90. The SMILES string of the molecule is Cc1noc(C)c1CN(C)C(=O)c1cccc(S(=O)(=O)N2CCOCC2)c1. The molecule has 1 aromatic carbocycles. The van der Waals surface area contributed by atoms with Crippen molar-refractivity contribution < 1.29 is 22.5 Å². The van der Waals surface area contributed by atoms with E-state index in [0.717, 1.165) is 11.3 Å². The molecule has 0 saturated carbocycles. The van der Waals surface area contributed by atoms with Crippen LogP contribution < -0.4 is 0 Å². The second-order valence-corrected chi connectivity index (χ2v) is 8.45. The molecule has 0 bridgehead atoms. The van der Waals surface area contributed by atoms with Gasteiger partial charge in [-0.1, -0.05) is 11.2 Å². The van der Waals surface area contributed by atoms with E-state index in [1.165, 1.54) is 21.3 Å². The molecule has 2 aromatic rings. The number of sulfonamides is 1. The van der Waals surface area contributed by atoms with Gasteiger partial charge >= 0.3 is 0 Å². The lowest BCUT2D eigenvalue weighted by Gasteiger charge is -2.26. The fraction of sp³-hybridized carbons (Fsp3) is 0.444. The average Bonchev–Trinajstić information content (AvgIpc) is 3.00. The van der Waals surface area contributed by atoms with Gasteiger partial charge in [-0.2, -0.15) is 4.31 Å². The Balaban J connectivity index is 1.81. The fourth-order valence-electron chi connectivity index (χ4n) is 2.98. The third kappa shape index (κ3) is 4.05. The Bertz CT molecular complexity index is 913. The number of morpholine rings is 1. The van der Waals surface area contributed by atoms with Crippen molar-refractivity contribution in [2.75, 3.05) is 33.4 Å². The molecule has 0 atom stereocenters. The molecule has 1 fully saturated rings. The van der Waals surface area contributed by atoms with Crippen LogP contribution >= 0.6 is 0 Å². The molecule has 146 valence electrons. The lowest BCUT2D eigenvalue weighted by Crippen LogP contribution is -2.40. The summed E-state index contributed by atoms with van der Waals surface area (Å²) in [7, 11) is -1.99. The van der Waals surface area contributed by atoms with Gasteiger partial charge in [0.1, 0.15) is 5.76 Å². The number of carbonyl (C=O) groups excluding carboxylic acids is 1. The van der Waals surface area contributed by atoms with Crippen LogP contribution in [0.2, 0.25) is 0 Å². The van der Waals surface area contributed by atoms with Crippen LogP contribution in [0.25, 0.3) is 0 Å². The quantitative estimate of drug-likeness (QED) is 0.766. The van der Waals surface area contributed by atoms with Crippen LogP contribution in [0, 0.1) is 13.8 Å². The number of ether oxygens (including phenoxy) is 1. The molecule has 1 aromatic heterocycles. The van der Waals surface area contributed by atoms with Crippen molar-refractivity contribution in [3.8, 4) is 0 Å². The van der Waals surface area contributed by atoms with E-state index in [0.29, 0.717) is 44.2 Å². The lowest BCUT2D eigenvalue weighted by atomic mass is 10.1. The first kappa shape index (κ1) is 19.5. The zero-order chi connectivity index (χ0) is 19.6. The topological polar surface area (TPSA) is 93.0 Å². The van der Waals surface area contributed by atoms with Crippen LogP contribution in [0.4, 0.5) is 0 Å². The Morgan fingerprint density at radius 3 is 2.59 bits per heavy atom. The van der Waals surface area contributed by atoms with Crippen molar-refractivity contribution in [3.05, 3.63) is 46.8 Å². The van der Waals surface area contributed by atoms with E-state index in [-0.39, 0.29) is 10.8 Å². The number of amides is 1. The summed E-state index contributed by atoms with van der Waals surface area (Å²) < 4.78 is 37.3. The van der Waals surface area contributed by atoms with Crippen LogP contribution in [0.15, 0.2) is 33.7 Å². The van der Waals surface area contributed by atoms with Crippen molar-refractivity contribution in [2.24, 2.45) is 0 Å². The highest BCUT2D eigenvalue weighted by molar-refractivity contribution is 7.89. The van der Waals surface area contributed by atoms with E-state index < -0.39 is 10.0 Å². The zero-order valence-electron chi connectivity index (χ0n) is 15.6. The molecule has 1 saturated heterocycles. The van der Waals surface area contributed by atoms with Gasteiger partial charge in [0, 0.05) is 31.3 Å². The predicted octanol–water partition coefficient (Wildman–Crippen LogP) is 1.58. The van der Waals surface area contributed by atoms with E-state index in [1.54, 1.807) is 26.1 Å². The number of hydrogen-bond acceptors (Lipinski definition) is 6. The number of benzene rings is 1. The Hall–Kier alpha value is -2.23. The summed E-state index contributed by atoms with van der Waals surface area (Å²) in [6, 6.07) is 6.14. The van der Waals surface area contributed by atoms with Crippen LogP contribution in [0.1, 0.15) is 27.4 Å². The standard InChI is InChI=1S/C18H23N3O5S/c1-13-17(14(2)26-19-13)12-20(3)18(22)15-5-4-6-16(11-15)27(23,24)21-7-9-25-10-8-21/h4-6,11H,7-10,12H2,1-3H3. The maximum Gasteiger partial charge on any atom is 0.253 e. The molecule has 3 rings (SSSR count). The molecule has 27 heavy (non-hydrogen) atoms. The minimum Gasteiger partial charge on any atom is -0.379 e. The van der Waals surface area contributed by atoms with Gasteiger partial charge in [0.25, 0.3) is 5.91 Å². The molecule has 1 amide bonds. The Kier molecular flexibility index (Phi) is 5.64. The Morgan fingerprint density at radius 1 is 1.26 bits per heavy atom. The molecular weight excluding hydrogens is 370 g/mol. The van der Waals surface area contributed by atoms with Crippen molar-refractivity contribution in [3.63, 3.8) is 0 Å². The van der Waals surface area contributed by atoms with E-state index in [2.05, 4.69) is 5.16 Å².